The molecule has 1 rings (SSSR count). The Hall–Kier alpha value is -0.0800. The second kappa shape index (κ2) is 6.39. The third-order valence-corrected chi connectivity index (χ3v) is 3.19. The Labute approximate surface area is 90.5 Å². The minimum absolute atomic E-state index is 1.06. The van der Waals surface area contributed by atoms with E-state index in [4.69, 9.17) is 0 Å². The van der Waals surface area contributed by atoms with E-state index in [0.29, 0.717) is 0 Å². The molecule has 0 unspecified atom stereocenters. The highest BCUT2D eigenvalue weighted by atomic mass is 32.2. The van der Waals surface area contributed by atoms with Crippen LogP contribution in [0.4, 0.5) is 0 Å². The molecule has 0 nitrogen and oxygen atoms in total. The summed E-state index contributed by atoms with van der Waals surface area (Å²) < 4.78 is 0. The van der Waals surface area contributed by atoms with Crippen LogP contribution in [0, 0.1) is 0 Å². The second-order valence-electron chi connectivity index (χ2n) is 3.05. The first-order chi connectivity index (χ1) is 6.33. The Bertz CT molecular complexity index is 246. The molecule has 0 fully saturated rings. The van der Waals surface area contributed by atoms with E-state index in [-0.39, 0.29) is 0 Å². The van der Waals surface area contributed by atoms with Crippen molar-refractivity contribution in [2.75, 3.05) is 5.75 Å². The predicted molar refractivity (Wildman–Crippen MR) is 63.9 cm³/mol. The molecular formula is C11H16S2. The largest absolute Gasteiger partial charge is 0.143 e. The van der Waals surface area contributed by atoms with E-state index in [9.17, 15) is 0 Å². The molecule has 0 atom stereocenters. The molecule has 0 spiro atoms. The van der Waals surface area contributed by atoms with Crippen molar-refractivity contribution in [3.63, 3.8) is 0 Å². The summed E-state index contributed by atoms with van der Waals surface area (Å²) in [7, 11) is 0. The average molecular weight is 212 g/mol. The van der Waals surface area contributed by atoms with Crippen molar-refractivity contribution in [3.05, 3.63) is 24.3 Å². The number of benzene rings is 1. The highest BCUT2D eigenvalue weighted by molar-refractivity contribution is 7.99. The SMILES string of the molecule is CCCCCSc1cccc(S)c1. The Morgan fingerprint density at radius 1 is 1.31 bits per heavy atom. The van der Waals surface area contributed by atoms with Crippen molar-refractivity contribution in [1.82, 2.24) is 0 Å². The maximum atomic E-state index is 4.30. The number of thioether (sulfide) groups is 1. The van der Waals surface area contributed by atoms with E-state index in [2.05, 4.69) is 37.8 Å². The first-order valence-corrected chi connectivity index (χ1v) is 6.18. The van der Waals surface area contributed by atoms with Crippen LogP contribution in [0.5, 0.6) is 0 Å². The minimum Gasteiger partial charge on any atom is -0.143 e. The van der Waals surface area contributed by atoms with E-state index in [1.165, 1.54) is 29.9 Å². The topological polar surface area (TPSA) is 0 Å². The van der Waals surface area contributed by atoms with Gasteiger partial charge in [0.15, 0.2) is 0 Å². The van der Waals surface area contributed by atoms with Crippen molar-refractivity contribution in [2.24, 2.45) is 0 Å². The highest BCUT2D eigenvalue weighted by Gasteiger charge is 1.93. The lowest BCUT2D eigenvalue weighted by molar-refractivity contribution is 0.778. The summed E-state index contributed by atoms with van der Waals surface area (Å²) in [5.41, 5.74) is 0. The van der Waals surface area contributed by atoms with Gasteiger partial charge in [0, 0.05) is 9.79 Å². The second-order valence-corrected chi connectivity index (χ2v) is 4.74. The van der Waals surface area contributed by atoms with Crippen molar-refractivity contribution in [2.45, 2.75) is 36.0 Å². The van der Waals surface area contributed by atoms with Gasteiger partial charge in [-0.25, -0.2) is 0 Å². The molecule has 13 heavy (non-hydrogen) atoms. The van der Waals surface area contributed by atoms with Gasteiger partial charge >= 0.3 is 0 Å². The molecule has 0 aliphatic heterocycles. The molecule has 0 saturated heterocycles. The van der Waals surface area contributed by atoms with E-state index in [1.807, 2.05) is 17.8 Å². The van der Waals surface area contributed by atoms with Gasteiger partial charge in [-0.2, -0.15) is 0 Å². The van der Waals surface area contributed by atoms with Gasteiger partial charge < -0.3 is 0 Å². The minimum atomic E-state index is 1.06. The number of rotatable bonds is 5. The first-order valence-electron chi connectivity index (χ1n) is 4.74. The highest BCUT2D eigenvalue weighted by Crippen LogP contribution is 2.21. The normalized spacial score (nSPS) is 10.3. The van der Waals surface area contributed by atoms with E-state index >= 15 is 0 Å². The number of hydrogen-bond donors (Lipinski definition) is 1. The lowest BCUT2D eigenvalue weighted by Crippen LogP contribution is -1.79. The summed E-state index contributed by atoms with van der Waals surface area (Å²) in [5.74, 6) is 1.23. The van der Waals surface area contributed by atoms with Crippen LogP contribution in [0.2, 0.25) is 0 Å². The fourth-order valence-corrected chi connectivity index (χ4v) is 2.40. The molecule has 0 saturated carbocycles. The van der Waals surface area contributed by atoms with E-state index in [0.717, 1.165) is 4.90 Å². The van der Waals surface area contributed by atoms with Gasteiger partial charge in [0.2, 0.25) is 0 Å². The molecule has 0 radical (unpaired) electrons. The molecule has 0 aromatic heterocycles. The van der Waals surface area contributed by atoms with Crippen molar-refractivity contribution < 1.29 is 0 Å². The summed E-state index contributed by atoms with van der Waals surface area (Å²) in [6.07, 6.45) is 3.96. The Morgan fingerprint density at radius 2 is 2.15 bits per heavy atom. The third kappa shape index (κ3) is 4.63. The molecule has 72 valence electrons. The fourth-order valence-electron chi connectivity index (χ4n) is 1.12. The van der Waals surface area contributed by atoms with Crippen molar-refractivity contribution in [1.29, 1.82) is 0 Å². The molecule has 0 heterocycles. The van der Waals surface area contributed by atoms with Crippen LogP contribution < -0.4 is 0 Å². The van der Waals surface area contributed by atoms with E-state index < -0.39 is 0 Å². The van der Waals surface area contributed by atoms with E-state index in [1.54, 1.807) is 0 Å². The molecule has 0 amide bonds. The molecule has 2 heteroatoms. The summed E-state index contributed by atoms with van der Waals surface area (Å²) in [5, 5.41) is 0. The molecule has 0 N–H and O–H groups in total. The van der Waals surface area contributed by atoms with Gasteiger partial charge in [0.1, 0.15) is 0 Å². The van der Waals surface area contributed by atoms with Crippen molar-refractivity contribution >= 4 is 24.4 Å². The van der Waals surface area contributed by atoms with Gasteiger partial charge in [-0.05, 0) is 30.4 Å². The quantitative estimate of drug-likeness (QED) is 0.432. The zero-order valence-corrected chi connectivity index (χ0v) is 9.70. The van der Waals surface area contributed by atoms with Crippen LogP contribution in [-0.4, -0.2) is 5.75 Å². The Kier molecular flexibility index (Phi) is 5.40. The van der Waals surface area contributed by atoms with Gasteiger partial charge in [-0.15, -0.1) is 24.4 Å². The number of hydrogen-bond acceptors (Lipinski definition) is 2. The van der Waals surface area contributed by atoms with Crippen LogP contribution in [0.3, 0.4) is 0 Å². The molecule has 0 aliphatic rings. The maximum absolute atomic E-state index is 4.30. The summed E-state index contributed by atoms with van der Waals surface area (Å²) in [6, 6.07) is 8.35. The average Bonchev–Trinajstić information content (AvgIpc) is 2.13. The summed E-state index contributed by atoms with van der Waals surface area (Å²) in [4.78, 5) is 2.39. The van der Waals surface area contributed by atoms with Gasteiger partial charge in [-0.1, -0.05) is 25.8 Å². The van der Waals surface area contributed by atoms with Gasteiger partial charge in [0.25, 0.3) is 0 Å². The van der Waals surface area contributed by atoms with Crippen LogP contribution in [-0.2, 0) is 0 Å². The molecule has 1 aromatic rings. The number of thiol groups is 1. The van der Waals surface area contributed by atoms with Gasteiger partial charge in [0.05, 0.1) is 0 Å². The van der Waals surface area contributed by atoms with Crippen molar-refractivity contribution in [3.8, 4) is 0 Å². The number of unbranched alkanes of at least 4 members (excludes halogenated alkanes) is 2. The molecule has 0 aliphatic carbocycles. The fraction of sp³-hybridized carbons (Fsp3) is 0.455. The van der Waals surface area contributed by atoms with Crippen LogP contribution in [0.15, 0.2) is 34.1 Å². The van der Waals surface area contributed by atoms with Crippen LogP contribution >= 0.6 is 24.4 Å². The molecule has 0 bridgehead atoms. The third-order valence-electron chi connectivity index (χ3n) is 1.83. The molecule has 1 aromatic carbocycles. The smallest absolute Gasteiger partial charge is 0.00829 e. The first kappa shape index (κ1) is 11.0. The summed E-state index contributed by atoms with van der Waals surface area (Å²) in [6.45, 7) is 2.24. The monoisotopic (exact) mass is 212 g/mol. The van der Waals surface area contributed by atoms with Crippen LogP contribution in [0.1, 0.15) is 26.2 Å². The lowest BCUT2D eigenvalue weighted by Gasteiger charge is -2.01. The van der Waals surface area contributed by atoms with Crippen LogP contribution in [0.25, 0.3) is 0 Å². The zero-order chi connectivity index (χ0) is 9.52. The predicted octanol–water partition coefficient (Wildman–Crippen LogP) is 4.26. The van der Waals surface area contributed by atoms with Gasteiger partial charge in [-0.3, -0.25) is 0 Å². The lowest BCUT2D eigenvalue weighted by atomic mass is 10.3. The maximum Gasteiger partial charge on any atom is 0.00829 e. The standard InChI is InChI=1S/C11H16S2/c1-2-3-4-8-13-11-7-5-6-10(12)9-11/h5-7,9,12H,2-4,8H2,1H3. The zero-order valence-electron chi connectivity index (χ0n) is 7.99. The molecular weight excluding hydrogens is 196 g/mol. The Morgan fingerprint density at radius 3 is 2.85 bits per heavy atom. The summed E-state index contributed by atoms with van der Waals surface area (Å²) >= 11 is 6.23. The Balaban J connectivity index is 2.28.